The zero-order valence-electron chi connectivity index (χ0n) is 11.8. The molecule has 0 radical (unpaired) electrons. The highest BCUT2D eigenvalue weighted by Crippen LogP contribution is 2.36. The van der Waals surface area contributed by atoms with E-state index in [1.54, 1.807) is 0 Å². The van der Waals surface area contributed by atoms with Crippen LogP contribution in [0, 0.1) is 0 Å². The molecular weight excluding hydrogens is 328 g/mol. The molecule has 130 valence electrons. The molecule has 1 atom stereocenters. The van der Waals surface area contributed by atoms with Gasteiger partial charge >= 0.3 is 12.4 Å². The lowest BCUT2D eigenvalue weighted by Gasteiger charge is -2.15. The number of nitrogens with two attached hydrogens (primary N) is 2. The lowest BCUT2D eigenvalue weighted by molar-refractivity contribution is -0.143. The molecule has 23 heavy (non-hydrogen) atoms. The fraction of sp³-hybridized carbons (Fsp3) is 0.462. The molecule has 0 aliphatic carbocycles. The smallest absolute Gasteiger partial charge is 0.350 e. The molecule has 1 aromatic rings. The van der Waals surface area contributed by atoms with E-state index < -0.39 is 41.0 Å². The van der Waals surface area contributed by atoms with Gasteiger partial charge in [-0.05, 0) is 31.2 Å². The topological polar surface area (TPSA) is 81.1 Å². The molecule has 0 aromatic heterocycles. The van der Waals surface area contributed by atoms with Crippen LogP contribution in [0.25, 0.3) is 0 Å². The summed E-state index contributed by atoms with van der Waals surface area (Å²) in [4.78, 5) is 11.8. The van der Waals surface area contributed by atoms with Crippen LogP contribution < -0.4 is 16.8 Å². The van der Waals surface area contributed by atoms with Gasteiger partial charge in [0.25, 0.3) is 5.91 Å². The van der Waals surface area contributed by atoms with E-state index in [-0.39, 0.29) is 19.2 Å². The van der Waals surface area contributed by atoms with Crippen LogP contribution in [-0.4, -0.2) is 25.0 Å². The minimum Gasteiger partial charge on any atom is -0.350 e. The van der Waals surface area contributed by atoms with Crippen LogP contribution >= 0.6 is 0 Å². The van der Waals surface area contributed by atoms with Crippen molar-refractivity contribution in [2.45, 2.75) is 24.8 Å². The third kappa shape index (κ3) is 5.71. The molecule has 0 saturated carbocycles. The molecule has 0 unspecified atom stereocenters. The van der Waals surface area contributed by atoms with Gasteiger partial charge in [0.2, 0.25) is 0 Å². The van der Waals surface area contributed by atoms with E-state index >= 15 is 0 Å². The Bertz CT molecular complexity index is 523. The lowest BCUT2D eigenvalue weighted by atomic mass is 10.0. The van der Waals surface area contributed by atoms with Crippen LogP contribution in [0.3, 0.4) is 0 Å². The first kappa shape index (κ1) is 19.2. The van der Waals surface area contributed by atoms with Gasteiger partial charge in [-0.25, -0.2) is 0 Å². The van der Waals surface area contributed by atoms with Crippen molar-refractivity contribution < 1.29 is 31.1 Å². The highest BCUT2D eigenvalue weighted by molar-refractivity contribution is 5.94. The number of rotatable bonds is 5. The molecule has 0 fully saturated rings. The van der Waals surface area contributed by atoms with Crippen LogP contribution in [0.1, 0.15) is 27.9 Å². The third-order valence-corrected chi connectivity index (χ3v) is 2.91. The molecule has 0 heterocycles. The Morgan fingerprint density at radius 1 is 1.04 bits per heavy atom. The molecule has 5 N–H and O–H groups in total. The highest BCUT2D eigenvalue weighted by atomic mass is 19.4. The predicted octanol–water partition coefficient (Wildman–Crippen LogP) is 2.13. The standard InChI is InChI=1S/C13H15F6N3O/c14-12(15,16)8-3-7(4-9(5-8)13(17,18)19)11(23)22-6-10(21)1-2-20/h3-5,10H,1-2,6,20-21H2,(H,22,23)/t10-/m0/s1. The summed E-state index contributed by atoms with van der Waals surface area (Å²) in [5, 5.41) is 2.19. The number of nitrogens with one attached hydrogen (secondary N) is 1. The zero-order chi connectivity index (χ0) is 17.8. The van der Waals surface area contributed by atoms with Crippen molar-refractivity contribution in [2.75, 3.05) is 13.1 Å². The summed E-state index contributed by atoms with van der Waals surface area (Å²) in [5.41, 5.74) is 6.95. The summed E-state index contributed by atoms with van der Waals surface area (Å²) in [6.07, 6.45) is -9.67. The van der Waals surface area contributed by atoms with E-state index in [4.69, 9.17) is 11.5 Å². The summed E-state index contributed by atoms with van der Waals surface area (Å²) < 4.78 is 76.1. The van der Waals surface area contributed by atoms with Crippen molar-refractivity contribution in [1.82, 2.24) is 5.32 Å². The van der Waals surface area contributed by atoms with Crippen LogP contribution in [0.4, 0.5) is 26.3 Å². The maximum Gasteiger partial charge on any atom is 0.416 e. The monoisotopic (exact) mass is 343 g/mol. The molecule has 0 aliphatic rings. The van der Waals surface area contributed by atoms with E-state index in [0.29, 0.717) is 18.6 Å². The molecule has 1 rings (SSSR count). The minimum absolute atomic E-state index is 0.0447. The quantitative estimate of drug-likeness (QED) is 0.717. The van der Waals surface area contributed by atoms with Crippen molar-refractivity contribution in [3.63, 3.8) is 0 Å². The van der Waals surface area contributed by atoms with E-state index in [2.05, 4.69) is 5.32 Å². The Balaban J connectivity index is 3.07. The first-order chi connectivity index (χ1) is 10.4. The van der Waals surface area contributed by atoms with Gasteiger partial charge in [-0.2, -0.15) is 26.3 Å². The van der Waals surface area contributed by atoms with Crippen LogP contribution in [-0.2, 0) is 12.4 Å². The van der Waals surface area contributed by atoms with Crippen molar-refractivity contribution in [3.05, 3.63) is 34.9 Å². The number of amides is 1. The second-order valence-corrected chi connectivity index (χ2v) is 4.84. The summed E-state index contributed by atoms with van der Waals surface area (Å²) in [7, 11) is 0. The lowest BCUT2D eigenvalue weighted by Crippen LogP contribution is -2.38. The summed E-state index contributed by atoms with van der Waals surface area (Å²) in [6.45, 7) is 0.118. The maximum absolute atomic E-state index is 12.7. The average Bonchev–Trinajstić information content (AvgIpc) is 2.42. The molecule has 0 spiro atoms. The second kappa shape index (κ2) is 7.18. The Labute approximate surface area is 127 Å². The molecule has 0 saturated heterocycles. The number of hydrogen-bond donors (Lipinski definition) is 3. The Morgan fingerprint density at radius 2 is 1.52 bits per heavy atom. The van der Waals surface area contributed by atoms with Gasteiger partial charge in [-0.1, -0.05) is 0 Å². The van der Waals surface area contributed by atoms with Gasteiger partial charge in [-0.3, -0.25) is 4.79 Å². The maximum atomic E-state index is 12.7. The Hall–Kier alpha value is -1.81. The van der Waals surface area contributed by atoms with Crippen LogP contribution in [0.15, 0.2) is 18.2 Å². The molecule has 0 aliphatic heterocycles. The van der Waals surface area contributed by atoms with Gasteiger partial charge in [-0.15, -0.1) is 0 Å². The molecule has 4 nitrogen and oxygen atoms in total. The number of carbonyl (C=O) groups excluding carboxylic acids is 1. The summed E-state index contributed by atoms with van der Waals surface area (Å²) in [6, 6.07) is 0.131. The van der Waals surface area contributed by atoms with E-state index in [9.17, 15) is 31.1 Å². The van der Waals surface area contributed by atoms with Gasteiger partial charge in [0.05, 0.1) is 11.1 Å². The Morgan fingerprint density at radius 3 is 1.91 bits per heavy atom. The van der Waals surface area contributed by atoms with E-state index in [1.165, 1.54) is 0 Å². The number of halogens is 6. The molecule has 1 aromatic carbocycles. The summed E-state index contributed by atoms with van der Waals surface area (Å²) >= 11 is 0. The fourth-order valence-electron chi connectivity index (χ4n) is 1.73. The van der Waals surface area contributed by atoms with Gasteiger partial charge in [0, 0.05) is 18.2 Å². The summed E-state index contributed by atoms with van der Waals surface area (Å²) in [5.74, 6) is -1.07. The van der Waals surface area contributed by atoms with Crippen molar-refractivity contribution in [1.29, 1.82) is 0 Å². The third-order valence-electron chi connectivity index (χ3n) is 2.91. The van der Waals surface area contributed by atoms with Gasteiger partial charge in [0.15, 0.2) is 0 Å². The number of hydrogen-bond acceptors (Lipinski definition) is 3. The number of carbonyl (C=O) groups is 1. The van der Waals surface area contributed by atoms with Crippen LogP contribution in [0.2, 0.25) is 0 Å². The Kier molecular flexibility index (Phi) is 6.00. The zero-order valence-corrected chi connectivity index (χ0v) is 11.8. The van der Waals surface area contributed by atoms with Crippen molar-refractivity contribution in [3.8, 4) is 0 Å². The number of alkyl halides is 6. The van der Waals surface area contributed by atoms with E-state index in [0.717, 1.165) is 0 Å². The highest BCUT2D eigenvalue weighted by Gasteiger charge is 2.37. The first-order valence-corrected chi connectivity index (χ1v) is 6.48. The first-order valence-electron chi connectivity index (χ1n) is 6.48. The predicted molar refractivity (Wildman–Crippen MR) is 70.4 cm³/mol. The van der Waals surface area contributed by atoms with Crippen LogP contribution in [0.5, 0.6) is 0 Å². The molecular formula is C13H15F6N3O. The van der Waals surface area contributed by atoms with Crippen molar-refractivity contribution >= 4 is 5.91 Å². The second-order valence-electron chi connectivity index (χ2n) is 4.84. The molecule has 10 heteroatoms. The van der Waals surface area contributed by atoms with Gasteiger partial charge in [0.1, 0.15) is 0 Å². The minimum atomic E-state index is -5.01. The molecule has 0 bridgehead atoms. The van der Waals surface area contributed by atoms with E-state index in [1.807, 2.05) is 0 Å². The van der Waals surface area contributed by atoms with Gasteiger partial charge < -0.3 is 16.8 Å². The largest absolute Gasteiger partial charge is 0.416 e. The van der Waals surface area contributed by atoms with Crippen molar-refractivity contribution in [2.24, 2.45) is 11.5 Å². The number of benzene rings is 1. The molecule has 1 amide bonds. The average molecular weight is 343 g/mol. The SMILES string of the molecule is NCC[C@H](N)CNC(=O)c1cc(C(F)(F)F)cc(C(F)(F)F)c1. The fourth-order valence-corrected chi connectivity index (χ4v) is 1.73. The normalized spacial score (nSPS) is 13.7.